The highest BCUT2D eigenvalue weighted by molar-refractivity contribution is 5.94. The molecule has 1 fully saturated rings. The lowest BCUT2D eigenvalue weighted by Gasteiger charge is -2.44. The van der Waals surface area contributed by atoms with Crippen LogP contribution in [0.1, 0.15) is 29.8 Å². The van der Waals surface area contributed by atoms with Crippen molar-refractivity contribution in [2.75, 3.05) is 13.1 Å². The van der Waals surface area contributed by atoms with Crippen molar-refractivity contribution in [3.8, 4) is 0 Å². The fraction of sp³-hybridized carbons (Fsp3) is 0.350. The summed E-state index contributed by atoms with van der Waals surface area (Å²) in [6.45, 7) is 5.55. The number of nitrogens with zero attached hydrogens (tertiary/aromatic N) is 2. The van der Waals surface area contributed by atoms with Crippen molar-refractivity contribution in [1.29, 1.82) is 0 Å². The molecule has 6 heteroatoms. The van der Waals surface area contributed by atoms with E-state index in [4.69, 9.17) is 0 Å². The van der Waals surface area contributed by atoms with Crippen molar-refractivity contribution in [2.24, 2.45) is 0 Å². The number of piperazine rings is 1. The third-order valence-corrected chi connectivity index (χ3v) is 4.86. The van der Waals surface area contributed by atoms with Gasteiger partial charge in [-0.25, -0.2) is 13.2 Å². The highest BCUT2D eigenvalue weighted by Crippen LogP contribution is 2.22. The molecule has 0 N–H and O–H groups in total. The first-order valence-corrected chi connectivity index (χ1v) is 8.61. The Balaban J connectivity index is 1.74. The average Bonchev–Trinajstić information content (AvgIpc) is 2.63. The Morgan fingerprint density at radius 2 is 1.58 bits per heavy atom. The second-order valence-electron chi connectivity index (χ2n) is 6.79. The van der Waals surface area contributed by atoms with E-state index in [1.54, 1.807) is 0 Å². The van der Waals surface area contributed by atoms with Crippen LogP contribution in [-0.4, -0.2) is 40.9 Å². The molecule has 138 valence electrons. The zero-order chi connectivity index (χ0) is 18.8. The van der Waals surface area contributed by atoms with Crippen molar-refractivity contribution < 1.29 is 18.0 Å². The Morgan fingerprint density at radius 3 is 2.19 bits per heavy atom. The summed E-state index contributed by atoms with van der Waals surface area (Å²) < 4.78 is 40.5. The van der Waals surface area contributed by atoms with Crippen LogP contribution in [-0.2, 0) is 6.54 Å². The Labute approximate surface area is 151 Å². The van der Waals surface area contributed by atoms with Crippen molar-refractivity contribution in [1.82, 2.24) is 9.80 Å². The minimum atomic E-state index is -1.61. The monoisotopic (exact) mass is 362 g/mol. The molecular weight excluding hydrogens is 341 g/mol. The maximum atomic E-state index is 14.0. The Hall–Kier alpha value is -2.34. The molecule has 2 unspecified atom stereocenters. The molecule has 1 amide bonds. The van der Waals surface area contributed by atoms with Crippen LogP contribution >= 0.6 is 0 Å². The van der Waals surface area contributed by atoms with Gasteiger partial charge in [0.15, 0.2) is 17.5 Å². The zero-order valence-electron chi connectivity index (χ0n) is 14.8. The molecule has 2 atom stereocenters. The lowest BCUT2D eigenvalue weighted by molar-refractivity contribution is 0.0266. The molecular formula is C20H21F3N2O. The number of carbonyl (C=O) groups excluding carboxylic acids is 1. The van der Waals surface area contributed by atoms with Gasteiger partial charge in [0.2, 0.25) is 0 Å². The van der Waals surface area contributed by atoms with E-state index < -0.39 is 28.9 Å². The van der Waals surface area contributed by atoms with Gasteiger partial charge < -0.3 is 4.90 Å². The number of halogens is 3. The summed E-state index contributed by atoms with van der Waals surface area (Å²) >= 11 is 0. The van der Waals surface area contributed by atoms with Gasteiger partial charge in [-0.2, -0.15) is 0 Å². The number of benzene rings is 2. The SMILES string of the molecule is CC1CN(C(=O)c2ccc(F)c(F)c2F)CC(C)N1Cc1ccccc1. The van der Waals surface area contributed by atoms with Crippen LogP contribution < -0.4 is 0 Å². The molecule has 0 spiro atoms. The third kappa shape index (κ3) is 3.60. The molecule has 2 aromatic carbocycles. The predicted octanol–water partition coefficient (Wildman–Crippen LogP) is 3.84. The van der Waals surface area contributed by atoms with Crippen molar-refractivity contribution in [3.63, 3.8) is 0 Å². The fourth-order valence-electron chi connectivity index (χ4n) is 3.49. The summed E-state index contributed by atoms with van der Waals surface area (Å²) in [6.07, 6.45) is 0. The van der Waals surface area contributed by atoms with E-state index >= 15 is 0 Å². The van der Waals surface area contributed by atoms with E-state index in [0.717, 1.165) is 18.7 Å². The molecule has 2 aromatic rings. The standard InChI is InChI=1S/C20H21F3N2O/c1-13-10-24(20(26)16-8-9-17(21)19(23)18(16)22)11-14(2)25(13)12-15-6-4-3-5-7-15/h3-9,13-14H,10-12H2,1-2H3. The van der Waals surface area contributed by atoms with Crippen molar-refractivity contribution in [3.05, 3.63) is 71.0 Å². The molecule has 26 heavy (non-hydrogen) atoms. The molecule has 1 heterocycles. The molecule has 3 rings (SSSR count). The molecule has 1 aliphatic rings. The van der Waals surface area contributed by atoms with Crippen molar-refractivity contribution in [2.45, 2.75) is 32.5 Å². The summed E-state index contributed by atoms with van der Waals surface area (Å²) in [4.78, 5) is 16.4. The van der Waals surface area contributed by atoms with E-state index in [2.05, 4.69) is 4.90 Å². The highest BCUT2D eigenvalue weighted by Gasteiger charge is 2.33. The smallest absolute Gasteiger partial charge is 0.257 e. The summed E-state index contributed by atoms with van der Waals surface area (Å²) in [6, 6.07) is 11.9. The topological polar surface area (TPSA) is 23.6 Å². The number of hydrogen-bond acceptors (Lipinski definition) is 2. The molecule has 0 saturated carbocycles. The predicted molar refractivity (Wildman–Crippen MR) is 93.1 cm³/mol. The summed E-state index contributed by atoms with van der Waals surface area (Å²) in [5.74, 6) is -4.95. The third-order valence-electron chi connectivity index (χ3n) is 4.86. The maximum absolute atomic E-state index is 14.0. The Bertz CT molecular complexity index is 785. The van der Waals surface area contributed by atoms with Gasteiger partial charge in [0.1, 0.15) is 0 Å². The number of amides is 1. The summed E-state index contributed by atoms with van der Waals surface area (Å²) in [5.41, 5.74) is 0.748. The molecule has 1 saturated heterocycles. The van der Waals surface area contributed by atoms with Gasteiger partial charge in [-0.05, 0) is 31.5 Å². The minimum Gasteiger partial charge on any atom is -0.335 e. The average molecular weight is 362 g/mol. The van der Waals surface area contributed by atoms with Crippen LogP contribution in [0.3, 0.4) is 0 Å². The lowest BCUT2D eigenvalue weighted by Crippen LogP contribution is -2.57. The minimum absolute atomic E-state index is 0.0521. The zero-order valence-corrected chi connectivity index (χ0v) is 14.8. The maximum Gasteiger partial charge on any atom is 0.257 e. The Morgan fingerprint density at radius 1 is 0.962 bits per heavy atom. The first kappa shape index (κ1) is 18.5. The van der Waals surface area contributed by atoms with Crippen LogP contribution in [0.4, 0.5) is 13.2 Å². The summed E-state index contributed by atoms with van der Waals surface area (Å²) in [7, 11) is 0. The van der Waals surface area contributed by atoms with Crippen LogP contribution in [0.2, 0.25) is 0 Å². The summed E-state index contributed by atoms with van der Waals surface area (Å²) in [5, 5.41) is 0. The van der Waals surface area contributed by atoms with Crippen LogP contribution in [0.15, 0.2) is 42.5 Å². The first-order valence-electron chi connectivity index (χ1n) is 8.61. The van der Waals surface area contributed by atoms with Gasteiger partial charge in [0.05, 0.1) is 5.56 Å². The van der Waals surface area contributed by atoms with E-state index in [9.17, 15) is 18.0 Å². The number of carbonyl (C=O) groups is 1. The fourth-order valence-corrected chi connectivity index (χ4v) is 3.49. The second kappa shape index (κ2) is 7.50. The van der Waals surface area contributed by atoms with Crippen LogP contribution in [0.5, 0.6) is 0 Å². The molecule has 0 aromatic heterocycles. The normalized spacial score (nSPS) is 21.0. The van der Waals surface area contributed by atoms with E-state index in [0.29, 0.717) is 13.1 Å². The quantitative estimate of drug-likeness (QED) is 0.775. The van der Waals surface area contributed by atoms with E-state index in [-0.39, 0.29) is 12.1 Å². The molecule has 1 aliphatic heterocycles. The molecule has 3 nitrogen and oxygen atoms in total. The van der Waals surface area contributed by atoms with E-state index in [1.807, 2.05) is 44.2 Å². The molecule has 0 bridgehead atoms. The number of rotatable bonds is 3. The lowest BCUT2D eigenvalue weighted by atomic mass is 10.0. The number of hydrogen-bond donors (Lipinski definition) is 0. The first-order chi connectivity index (χ1) is 12.4. The van der Waals surface area contributed by atoms with Crippen molar-refractivity contribution >= 4 is 5.91 Å². The van der Waals surface area contributed by atoms with E-state index in [1.165, 1.54) is 10.5 Å². The van der Waals surface area contributed by atoms with Gasteiger partial charge in [0, 0.05) is 31.7 Å². The highest BCUT2D eigenvalue weighted by atomic mass is 19.2. The van der Waals surface area contributed by atoms with Gasteiger partial charge in [-0.3, -0.25) is 9.69 Å². The van der Waals surface area contributed by atoms with Crippen LogP contribution in [0, 0.1) is 17.5 Å². The van der Waals surface area contributed by atoms with Crippen LogP contribution in [0.25, 0.3) is 0 Å². The largest absolute Gasteiger partial charge is 0.335 e. The second-order valence-corrected chi connectivity index (χ2v) is 6.79. The Kier molecular flexibility index (Phi) is 5.32. The molecule has 0 aliphatic carbocycles. The van der Waals surface area contributed by atoms with Gasteiger partial charge in [-0.1, -0.05) is 30.3 Å². The van der Waals surface area contributed by atoms with Gasteiger partial charge in [-0.15, -0.1) is 0 Å². The van der Waals surface area contributed by atoms with Gasteiger partial charge in [0.25, 0.3) is 5.91 Å². The van der Waals surface area contributed by atoms with Gasteiger partial charge >= 0.3 is 0 Å². The molecule has 0 radical (unpaired) electrons.